The van der Waals surface area contributed by atoms with Crippen LogP contribution >= 0.6 is 0 Å². The first-order valence-corrected chi connectivity index (χ1v) is 12.6. The minimum atomic E-state index is -0.437. The third-order valence-corrected chi connectivity index (χ3v) is 7.00. The molecule has 0 aliphatic heterocycles. The summed E-state index contributed by atoms with van der Waals surface area (Å²) < 4.78 is 5.35. The van der Waals surface area contributed by atoms with Gasteiger partial charge in [0.25, 0.3) is 5.91 Å². The van der Waals surface area contributed by atoms with Crippen molar-refractivity contribution in [1.29, 1.82) is 0 Å². The molecule has 0 radical (unpaired) electrons. The van der Waals surface area contributed by atoms with Crippen molar-refractivity contribution in [2.24, 2.45) is 0 Å². The van der Waals surface area contributed by atoms with E-state index in [1.807, 2.05) is 91.1 Å². The Morgan fingerprint density at radius 1 is 0.947 bits per heavy atom. The molecular formula is C32H27N3O3. The Kier molecular flexibility index (Phi) is 6.23. The van der Waals surface area contributed by atoms with Crippen LogP contribution in [-0.2, 0) is 6.42 Å². The van der Waals surface area contributed by atoms with Gasteiger partial charge < -0.3 is 20.1 Å². The van der Waals surface area contributed by atoms with Crippen molar-refractivity contribution in [2.75, 3.05) is 13.7 Å². The fourth-order valence-corrected chi connectivity index (χ4v) is 5.01. The molecule has 188 valence electrons. The summed E-state index contributed by atoms with van der Waals surface area (Å²) in [6.07, 6.45) is 2.45. The van der Waals surface area contributed by atoms with E-state index in [4.69, 9.17) is 9.72 Å². The van der Waals surface area contributed by atoms with E-state index in [0.717, 1.165) is 49.5 Å². The average Bonchev–Trinajstić information content (AvgIpc) is 3.38. The SMILES string of the molecule is COc1ccc2cc(-c3cc(C(=O)N[C@@H](CO)Cc4c[nH]c5ccccc45)c4ccccc4n3)ccc2c1. The van der Waals surface area contributed by atoms with Crippen molar-refractivity contribution >= 4 is 38.5 Å². The standard InChI is InChI=1S/C32H27N3O3/c1-38-25-13-12-20-14-22(11-10-21(20)16-25)31-17-28(27-7-3-5-9-30(27)35-31)32(37)34-24(19-36)15-23-18-33-29-8-4-2-6-26(23)29/h2-14,16-18,24,33,36H,15,19H2,1H3,(H,34,37)/t24-/m1/s1. The first-order valence-electron chi connectivity index (χ1n) is 12.6. The van der Waals surface area contributed by atoms with E-state index < -0.39 is 6.04 Å². The molecule has 0 fully saturated rings. The number of aliphatic hydroxyl groups excluding tert-OH is 1. The maximum absolute atomic E-state index is 13.6. The van der Waals surface area contributed by atoms with Gasteiger partial charge in [-0.1, -0.05) is 54.6 Å². The number of nitrogens with zero attached hydrogens (tertiary/aromatic N) is 1. The Bertz CT molecular complexity index is 1790. The third-order valence-electron chi connectivity index (χ3n) is 7.00. The Morgan fingerprint density at radius 2 is 1.71 bits per heavy atom. The summed E-state index contributed by atoms with van der Waals surface area (Å²) in [5, 5.41) is 17.2. The van der Waals surface area contributed by atoms with Gasteiger partial charge in [0.05, 0.1) is 36.5 Å². The molecule has 0 bridgehead atoms. The Balaban J connectivity index is 1.34. The highest BCUT2D eigenvalue weighted by Crippen LogP contribution is 2.29. The predicted octanol–water partition coefficient (Wildman–Crippen LogP) is 5.88. The van der Waals surface area contributed by atoms with Gasteiger partial charge in [-0.2, -0.15) is 0 Å². The normalized spacial score (nSPS) is 12.2. The summed E-state index contributed by atoms with van der Waals surface area (Å²) in [6.45, 7) is -0.171. The Labute approximate surface area is 219 Å². The van der Waals surface area contributed by atoms with E-state index in [1.54, 1.807) is 7.11 Å². The molecule has 38 heavy (non-hydrogen) atoms. The molecule has 0 spiro atoms. The monoisotopic (exact) mass is 501 g/mol. The highest BCUT2D eigenvalue weighted by atomic mass is 16.5. The summed E-state index contributed by atoms with van der Waals surface area (Å²) in [5.41, 5.74) is 4.97. The number of rotatable bonds is 7. The quantitative estimate of drug-likeness (QED) is 0.255. The maximum Gasteiger partial charge on any atom is 0.252 e. The van der Waals surface area contributed by atoms with Crippen molar-refractivity contribution < 1.29 is 14.6 Å². The number of hydrogen-bond donors (Lipinski definition) is 3. The number of ether oxygens (including phenoxy) is 1. The van der Waals surface area contributed by atoms with Crippen LogP contribution in [0, 0.1) is 0 Å². The number of carbonyl (C=O) groups is 1. The van der Waals surface area contributed by atoms with Crippen LogP contribution in [0.2, 0.25) is 0 Å². The lowest BCUT2D eigenvalue weighted by Crippen LogP contribution is -2.39. The van der Waals surface area contributed by atoms with Crippen LogP contribution in [0.25, 0.3) is 43.8 Å². The van der Waals surface area contributed by atoms with Crippen LogP contribution in [0.15, 0.2) is 97.2 Å². The molecule has 2 heterocycles. The molecule has 1 atom stereocenters. The van der Waals surface area contributed by atoms with Crippen LogP contribution in [0.5, 0.6) is 5.75 Å². The number of amides is 1. The van der Waals surface area contributed by atoms with Crippen molar-refractivity contribution in [3.63, 3.8) is 0 Å². The molecule has 1 amide bonds. The number of nitrogens with one attached hydrogen (secondary N) is 2. The maximum atomic E-state index is 13.6. The van der Waals surface area contributed by atoms with Gasteiger partial charge in [-0.25, -0.2) is 4.98 Å². The fraction of sp³-hybridized carbons (Fsp3) is 0.125. The number of hydrogen-bond acceptors (Lipinski definition) is 4. The number of methoxy groups -OCH3 is 1. The molecule has 0 aliphatic rings. The van der Waals surface area contributed by atoms with Gasteiger partial charge in [-0.05, 0) is 59.2 Å². The largest absolute Gasteiger partial charge is 0.497 e. The first kappa shape index (κ1) is 23.7. The van der Waals surface area contributed by atoms with Crippen LogP contribution in [-0.4, -0.2) is 40.7 Å². The van der Waals surface area contributed by atoms with Crippen LogP contribution in [0.1, 0.15) is 15.9 Å². The first-order chi connectivity index (χ1) is 18.6. The second-order valence-electron chi connectivity index (χ2n) is 9.42. The molecule has 2 aromatic heterocycles. The lowest BCUT2D eigenvalue weighted by atomic mass is 10.00. The Morgan fingerprint density at radius 3 is 2.55 bits per heavy atom. The predicted molar refractivity (Wildman–Crippen MR) is 152 cm³/mol. The average molecular weight is 502 g/mol. The molecule has 0 saturated heterocycles. The number of aliphatic hydroxyl groups is 1. The zero-order chi connectivity index (χ0) is 26.1. The molecular weight excluding hydrogens is 474 g/mol. The molecule has 0 aliphatic carbocycles. The van der Waals surface area contributed by atoms with E-state index in [-0.39, 0.29) is 12.5 Å². The molecule has 6 heteroatoms. The number of aromatic amines is 1. The highest BCUT2D eigenvalue weighted by molar-refractivity contribution is 6.07. The lowest BCUT2D eigenvalue weighted by Gasteiger charge is -2.17. The van der Waals surface area contributed by atoms with E-state index in [2.05, 4.69) is 16.4 Å². The summed E-state index contributed by atoms with van der Waals surface area (Å²) in [5.74, 6) is 0.563. The van der Waals surface area contributed by atoms with Gasteiger partial charge in [0.1, 0.15) is 5.75 Å². The zero-order valence-electron chi connectivity index (χ0n) is 20.9. The lowest BCUT2D eigenvalue weighted by molar-refractivity contribution is 0.0918. The number of fused-ring (bicyclic) bond motifs is 3. The van der Waals surface area contributed by atoms with Crippen LogP contribution in [0.4, 0.5) is 0 Å². The van der Waals surface area contributed by atoms with Gasteiger partial charge in [0, 0.05) is 28.0 Å². The molecule has 6 nitrogen and oxygen atoms in total. The molecule has 3 N–H and O–H groups in total. The van der Waals surface area contributed by atoms with Gasteiger partial charge in [-0.15, -0.1) is 0 Å². The van der Waals surface area contributed by atoms with E-state index in [9.17, 15) is 9.90 Å². The van der Waals surface area contributed by atoms with Gasteiger partial charge in [-0.3, -0.25) is 4.79 Å². The van der Waals surface area contributed by atoms with E-state index in [1.165, 1.54) is 0 Å². The fourth-order valence-electron chi connectivity index (χ4n) is 5.01. The number of para-hydroxylation sites is 2. The minimum absolute atomic E-state index is 0.171. The van der Waals surface area contributed by atoms with Crippen molar-refractivity contribution in [1.82, 2.24) is 15.3 Å². The van der Waals surface area contributed by atoms with Crippen molar-refractivity contribution in [3.05, 3.63) is 108 Å². The number of pyridine rings is 1. The summed E-state index contributed by atoms with van der Waals surface area (Å²) >= 11 is 0. The molecule has 4 aromatic carbocycles. The van der Waals surface area contributed by atoms with Gasteiger partial charge in [0.2, 0.25) is 0 Å². The topological polar surface area (TPSA) is 87.2 Å². The minimum Gasteiger partial charge on any atom is -0.497 e. The third kappa shape index (κ3) is 4.46. The highest BCUT2D eigenvalue weighted by Gasteiger charge is 2.19. The second-order valence-corrected chi connectivity index (χ2v) is 9.42. The summed E-state index contributed by atoms with van der Waals surface area (Å²) in [7, 11) is 1.66. The van der Waals surface area contributed by atoms with E-state index in [0.29, 0.717) is 17.7 Å². The number of carbonyl (C=O) groups excluding carboxylic acids is 1. The number of H-pyrrole nitrogens is 1. The molecule has 6 rings (SSSR count). The van der Waals surface area contributed by atoms with Crippen LogP contribution < -0.4 is 10.1 Å². The molecule has 0 unspecified atom stereocenters. The zero-order valence-corrected chi connectivity index (χ0v) is 20.9. The second kappa shape index (κ2) is 10.00. The van der Waals surface area contributed by atoms with E-state index >= 15 is 0 Å². The summed E-state index contributed by atoms with van der Waals surface area (Å²) in [6, 6.07) is 29.1. The molecule has 6 aromatic rings. The van der Waals surface area contributed by atoms with Crippen molar-refractivity contribution in [2.45, 2.75) is 12.5 Å². The van der Waals surface area contributed by atoms with Gasteiger partial charge in [0.15, 0.2) is 0 Å². The van der Waals surface area contributed by atoms with Gasteiger partial charge >= 0.3 is 0 Å². The summed E-state index contributed by atoms with van der Waals surface area (Å²) in [4.78, 5) is 21.7. The Hall–Kier alpha value is -4.68. The smallest absolute Gasteiger partial charge is 0.252 e. The number of benzene rings is 4. The van der Waals surface area contributed by atoms with Crippen molar-refractivity contribution in [3.8, 4) is 17.0 Å². The number of aromatic nitrogens is 2. The van der Waals surface area contributed by atoms with Crippen LogP contribution in [0.3, 0.4) is 0 Å². The molecule has 0 saturated carbocycles.